The van der Waals surface area contributed by atoms with Crippen molar-refractivity contribution in [2.45, 2.75) is 32.6 Å². The Morgan fingerprint density at radius 2 is 1.21 bits per heavy atom. The van der Waals surface area contributed by atoms with Gasteiger partial charge in [0.2, 0.25) is 0 Å². The van der Waals surface area contributed by atoms with Crippen LogP contribution < -0.4 is 0 Å². The summed E-state index contributed by atoms with van der Waals surface area (Å²) in [4.78, 5) is 13.7. The van der Waals surface area contributed by atoms with E-state index < -0.39 is 5.41 Å². The highest BCUT2D eigenvalue weighted by molar-refractivity contribution is 6.08. The second kappa shape index (κ2) is 5.84. The zero-order valence-electron chi connectivity index (χ0n) is 17.2. The van der Waals surface area contributed by atoms with E-state index in [1.54, 1.807) is 7.11 Å². The van der Waals surface area contributed by atoms with E-state index in [9.17, 15) is 4.79 Å². The van der Waals surface area contributed by atoms with Gasteiger partial charge in [-0.25, -0.2) is 0 Å². The fourth-order valence-electron chi connectivity index (χ4n) is 8.44. The number of carbonyl (C=O) groups excluding carboxylic acids is 1. The van der Waals surface area contributed by atoms with Crippen molar-refractivity contribution in [3.05, 3.63) is 71.8 Å². The van der Waals surface area contributed by atoms with Gasteiger partial charge < -0.3 is 4.74 Å². The average molecular weight is 385 g/mol. The van der Waals surface area contributed by atoms with Gasteiger partial charge in [-0.2, -0.15) is 0 Å². The van der Waals surface area contributed by atoms with Gasteiger partial charge in [-0.1, -0.05) is 67.6 Å². The van der Waals surface area contributed by atoms with E-state index in [1.165, 1.54) is 35.1 Å². The van der Waals surface area contributed by atoms with Crippen molar-refractivity contribution in [3.63, 3.8) is 0 Å². The fourth-order valence-corrected chi connectivity index (χ4v) is 8.44. The third-order valence-corrected chi connectivity index (χ3v) is 9.11. The maximum atomic E-state index is 13.7. The Hall–Kier alpha value is -2.35. The minimum absolute atomic E-state index is 0.0101. The van der Waals surface area contributed by atoms with Gasteiger partial charge in [-0.05, 0) is 77.0 Å². The third-order valence-electron chi connectivity index (χ3n) is 9.11. The highest BCUT2D eigenvalue weighted by atomic mass is 16.5. The molecule has 2 aromatic rings. The molecule has 7 rings (SSSR count). The van der Waals surface area contributed by atoms with Crippen LogP contribution in [0.5, 0.6) is 0 Å². The van der Waals surface area contributed by atoms with Crippen molar-refractivity contribution in [1.82, 2.24) is 0 Å². The van der Waals surface area contributed by atoms with Gasteiger partial charge in [0.15, 0.2) is 0 Å². The number of benzene rings is 2. The van der Waals surface area contributed by atoms with Crippen molar-refractivity contribution in [2.24, 2.45) is 34.5 Å². The largest absolute Gasteiger partial charge is 0.468 e. The number of hydrogen-bond donors (Lipinski definition) is 0. The normalized spacial score (nSPS) is 39.1. The van der Waals surface area contributed by atoms with Crippen molar-refractivity contribution in [2.75, 3.05) is 7.11 Å². The summed E-state index contributed by atoms with van der Waals surface area (Å²) >= 11 is 0. The first kappa shape index (κ1) is 17.5. The number of methoxy groups -OCH3 is 1. The molecule has 2 heteroatoms. The number of rotatable bonds is 3. The van der Waals surface area contributed by atoms with Crippen LogP contribution in [0.15, 0.2) is 60.7 Å². The minimum Gasteiger partial charge on any atom is -0.468 e. The number of allylic oxidation sites excluding steroid dienone is 1. The molecule has 0 amide bonds. The third kappa shape index (κ3) is 1.87. The Morgan fingerprint density at radius 3 is 1.69 bits per heavy atom. The Labute approximate surface area is 173 Å². The van der Waals surface area contributed by atoms with Gasteiger partial charge in [0, 0.05) is 0 Å². The molecular weight excluding hydrogens is 356 g/mol. The lowest BCUT2D eigenvalue weighted by Gasteiger charge is -2.62. The molecule has 2 aromatic carbocycles. The molecule has 2 unspecified atom stereocenters. The van der Waals surface area contributed by atoms with Crippen LogP contribution in [-0.4, -0.2) is 13.1 Å². The van der Waals surface area contributed by atoms with E-state index in [0.29, 0.717) is 23.7 Å². The molecule has 0 aliphatic heterocycles. The first-order chi connectivity index (χ1) is 14.1. The standard InChI is InChI=1S/C27H28O2/c1-26-19-13-14-20(26)22-16-15-21(19)27(22,25(28)29-2)24(18-11-7-4-8-12-18)23(26)17-9-5-3-6-10-17/h3-12,19-22H,13-16H2,1-2H3/t19-,20+,21+,22-,26?,27?. The molecule has 29 heavy (non-hydrogen) atoms. The maximum Gasteiger partial charge on any atom is 0.316 e. The molecular formula is C27H28O2. The van der Waals surface area contributed by atoms with Crippen molar-refractivity contribution in [1.29, 1.82) is 0 Å². The van der Waals surface area contributed by atoms with Crippen molar-refractivity contribution >= 4 is 17.1 Å². The minimum atomic E-state index is -0.481. The van der Waals surface area contributed by atoms with Crippen molar-refractivity contribution < 1.29 is 9.53 Å². The van der Waals surface area contributed by atoms with Gasteiger partial charge in [0.1, 0.15) is 0 Å². The van der Waals surface area contributed by atoms with E-state index in [4.69, 9.17) is 4.74 Å². The predicted octanol–water partition coefficient (Wildman–Crippen LogP) is 5.84. The van der Waals surface area contributed by atoms with Crippen LogP contribution >= 0.6 is 0 Å². The summed E-state index contributed by atoms with van der Waals surface area (Å²) in [7, 11) is 1.59. The van der Waals surface area contributed by atoms with Gasteiger partial charge in [0.25, 0.3) is 0 Å². The Bertz CT molecular complexity index is 983. The monoisotopic (exact) mass is 384 g/mol. The molecule has 0 radical (unpaired) electrons. The summed E-state index contributed by atoms with van der Waals surface area (Å²) in [6.45, 7) is 2.52. The molecule has 148 valence electrons. The fraction of sp³-hybridized carbons (Fsp3) is 0.444. The smallest absolute Gasteiger partial charge is 0.316 e. The van der Waals surface area contributed by atoms with Crippen LogP contribution in [0.2, 0.25) is 0 Å². The van der Waals surface area contributed by atoms with Gasteiger partial charge in [-0.15, -0.1) is 0 Å². The zero-order valence-corrected chi connectivity index (χ0v) is 17.2. The molecule has 6 atom stereocenters. The first-order valence-corrected chi connectivity index (χ1v) is 11.1. The van der Waals surface area contributed by atoms with Crippen LogP contribution in [0.25, 0.3) is 11.1 Å². The van der Waals surface area contributed by atoms with Crippen LogP contribution in [0.1, 0.15) is 43.7 Å². The van der Waals surface area contributed by atoms with Crippen LogP contribution in [-0.2, 0) is 9.53 Å². The molecule has 0 N–H and O–H groups in total. The summed E-state index contributed by atoms with van der Waals surface area (Å²) < 4.78 is 5.61. The summed E-state index contributed by atoms with van der Waals surface area (Å²) in [6, 6.07) is 21.5. The topological polar surface area (TPSA) is 26.3 Å². The highest BCUT2D eigenvalue weighted by Crippen LogP contribution is 2.81. The second-order valence-corrected chi connectivity index (χ2v) is 9.71. The second-order valence-electron chi connectivity index (χ2n) is 9.71. The number of esters is 1. The number of hydrogen-bond acceptors (Lipinski definition) is 2. The maximum absolute atomic E-state index is 13.7. The molecule has 3 fully saturated rings. The predicted molar refractivity (Wildman–Crippen MR) is 115 cm³/mol. The van der Waals surface area contributed by atoms with Crippen LogP contribution in [0.4, 0.5) is 0 Å². The Balaban J connectivity index is 1.77. The lowest BCUT2D eigenvalue weighted by atomic mass is 9.40. The molecule has 3 saturated carbocycles. The quantitative estimate of drug-likeness (QED) is 0.621. The van der Waals surface area contributed by atoms with E-state index in [-0.39, 0.29) is 11.4 Å². The molecule has 0 aromatic heterocycles. The van der Waals surface area contributed by atoms with Gasteiger partial charge >= 0.3 is 5.97 Å². The van der Waals surface area contributed by atoms with Crippen molar-refractivity contribution in [3.8, 4) is 0 Å². The average Bonchev–Trinajstić information content (AvgIpc) is 3.23. The first-order valence-electron chi connectivity index (χ1n) is 11.1. The molecule has 0 heterocycles. The zero-order chi connectivity index (χ0) is 19.8. The lowest BCUT2D eigenvalue weighted by Crippen LogP contribution is -2.59. The summed E-state index contributed by atoms with van der Waals surface area (Å²) in [5, 5.41) is 0. The van der Waals surface area contributed by atoms with E-state index in [0.717, 1.165) is 12.8 Å². The molecule has 2 nitrogen and oxygen atoms in total. The number of carbonyl (C=O) groups is 1. The summed E-state index contributed by atoms with van der Waals surface area (Å²) in [5.74, 6) is 1.98. The molecule has 0 saturated heterocycles. The van der Waals surface area contributed by atoms with Crippen LogP contribution in [0, 0.1) is 34.5 Å². The highest BCUT2D eigenvalue weighted by Gasteiger charge is 2.77. The summed E-state index contributed by atoms with van der Waals surface area (Å²) in [6.07, 6.45) is 4.82. The van der Waals surface area contributed by atoms with Crippen LogP contribution in [0.3, 0.4) is 0 Å². The Kier molecular flexibility index (Phi) is 3.53. The van der Waals surface area contributed by atoms with E-state index in [2.05, 4.69) is 67.6 Å². The SMILES string of the molecule is COC(=O)C12C(c3ccccc3)=C(c3ccccc3)C3(C)[C@@H]4CC[C@H]3[C@H]1CC[C@@H]42. The number of ether oxygens (including phenoxy) is 1. The van der Waals surface area contributed by atoms with E-state index in [1.807, 2.05) is 0 Å². The Morgan fingerprint density at radius 1 is 0.759 bits per heavy atom. The molecule has 5 aliphatic rings. The van der Waals surface area contributed by atoms with E-state index >= 15 is 0 Å². The summed E-state index contributed by atoms with van der Waals surface area (Å²) in [5.41, 5.74) is 4.87. The lowest BCUT2D eigenvalue weighted by molar-refractivity contribution is -0.162. The molecule has 0 spiro atoms. The molecule has 6 bridgehead atoms. The van der Waals surface area contributed by atoms with Gasteiger partial charge in [0.05, 0.1) is 12.5 Å². The molecule has 5 aliphatic carbocycles. The van der Waals surface area contributed by atoms with Gasteiger partial charge in [-0.3, -0.25) is 4.79 Å².